The van der Waals surface area contributed by atoms with Gasteiger partial charge >= 0.3 is 0 Å². The molecule has 0 aliphatic carbocycles. The van der Waals surface area contributed by atoms with Crippen LogP contribution in [0, 0.1) is 0 Å². The summed E-state index contributed by atoms with van der Waals surface area (Å²) in [5.41, 5.74) is 8.90. The van der Waals surface area contributed by atoms with E-state index in [1.54, 1.807) is 6.07 Å². The third kappa shape index (κ3) is 2.93. The standard InChI is InChI=1S/C16H16N4O/c17-9-8-11-4-3-5-12(10-11)15(21)20-16-18-13-6-1-2-7-14(13)19-16/h1-7,10H,8-9,17H2,(H2,18,19,20,21). The summed E-state index contributed by atoms with van der Waals surface area (Å²) in [4.78, 5) is 19.6. The van der Waals surface area contributed by atoms with Crippen LogP contribution in [0.5, 0.6) is 0 Å². The van der Waals surface area contributed by atoms with Crippen molar-refractivity contribution in [3.63, 3.8) is 0 Å². The molecular weight excluding hydrogens is 264 g/mol. The van der Waals surface area contributed by atoms with Gasteiger partial charge in [-0.25, -0.2) is 4.98 Å². The number of amides is 1. The van der Waals surface area contributed by atoms with Crippen LogP contribution in [0.3, 0.4) is 0 Å². The van der Waals surface area contributed by atoms with Gasteiger partial charge in [0.2, 0.25) is 5.95 Å². The predicted molar refractivity (Wildman–Crippen MR) is 83.2 cm³/mol. The molecule has 0 fully saturated rings. The number of fused-ring (bicyclic) bond motifs is 1. The molecule has 0 saturated heterocycles. The molecule has 0 saturated carbocycles. The average Bonchev–Trinajstić information content (AvgIpc) is 2.90. The summed E-state index contributed by atoms with van der Waals surface area (Å²) in [6.07, 6.45) is 0.756. The lowest BCUT2D eigenvalue weighted by atomic mass is 10.1. The number of nitrogens with one attached hydrogen (secondary N) is 2. The Morgan fingerprint density at radius 3 is 2.86 bits per heavy atom. The van der Waals surface area contributed by atoms with E-state index in [4.69, 9.17) is 5.73 Å². The Morgan fingerprint density at radius 1 is 1.19 bits per heavy atom. The highest BCUT2D eigenvalue weighted by atomic mass is 16.1. The summed E-state index contributed by atoms with van der Waals surface area (Å²) in [6.45, 7) is 0.564. The Balaban J connectivity index is 1.80. The van der Waals surface area contributed by atoms with Gasteiger partial charge < -0.3 is 10.7 Å². The van der Waals surface area contributed by atoms with Crippen LogP contribution in [0.1, 0.15) is 15.9 Å². The van der Waals surface area contributed by atoms with Crippen LogP contribution in [0.4, 0.5) is 5.95 Å². The van der Waals surface area contributed by atoms with Gasteiger partial charge in [-0.15, -0.1) is 0 Å². The van der Waals surface area contributed by atoms with E-state index >= 15 is 0 Å². The first kappa shape index (κ1) is 13.3. The van der Waals surface area contributed by atoms with Crippen LogP contribution < -0.4 is 11.1 Å². The molecule has 0 atom stereocenters. The molecule has 0 aliphatic heterocycles. The van der Waals surface area contributed by atoms with Gasteiger partial charge in [-0.05, 0) is 42.8 Å². The van der Waals surface area contributed by atoms with Crippen LogP contribution in [-0.4, -0.2) is 22.4 Å². The zero-order valence-electron chi connectivity index (χ0n) is 11.5. The number of anilines is 1. The van der Waals surface area contributed by atoms with Gasteiger partial charge in [0, 0.05) is 5.56 Å². The van der Waals surface area contributed by atoms with Crippen molar-refractivity contribution in [3.8, 4) is 0 Å². The number of aromatic nitrogens is 2. The number of nitrogens with two attached hydrogens (primary N) is 1. The molecule has 2 aromatic carbocycles. The number of hydrogen-bond acceptors (Lipinski definition) is 3. The molecule has 0 aliphatic rings. The molecule has 106 valence electrons. The number of rotatable bonds is 4. The van der Waals surface area contributed by atoms with Crippen LogP contribution in [0.25, 0.3) is 11.0 Å². The van der Waals surface area contributed by atoms with Crippen molar-refractivity contribution in [1.82, 2.24) is 9.97 Å². The second kappa shape index (κ2) is 5.76. The zero-order valence-corrected chi connectivity index (χ0v) is 11.5. The molecule has 1 heterocycles. The van der Waals surface area contributed by atoms with Crippen molar-refractivity contribution in [3.05, 3.63) is 59.7 Å². The lowest BCUT2D eigenvalue weighted by molar-refractivity contribution is 0.102. The minimum atomic E-state index is -0.187. The highest BCUT2D eigenvalue weighted by Gasteiger charge is 2.09. The van der Waals surface area contributed by atoms with Gasteiger partial charge in [0.15, 0.2) is 0 Å². The summed E-state index contributed by atoms with van der Waals surface area (Å²) in [5, 5.41) is 2.78. The van der Waals surface area contributed by atoms with Gasteiger partial charge in [0.05, 0.1) is 11.0 Å². The number of imidazole rings is 1. The largest absolute Gasteiger partial charge is 0.330 e. The third-order valence-electron chi connectivity index (χ3n) is 3.24. The molecule has 5 nitrogen and oxygen atoms in total. The van der Waals surface area contributed by atoms with Crippen molar-refractivity contribution in [2.45, 2.75) is 6.42 Å². The Morgan fingerprint density at radius 2 is 2.05 bits per heavy atom. The Bertz CT molecular complexity index is 746. The molecule has 0 unspecified atom stereocenters. The summed E-state index contributed by atoms with van der Waals surface area (Å²) in [6, 6.07) is 15.1. The number of carbonyl (C=O) groups is 1. The minimum Gasteiger partial charge on any atom is -0.330 e. The molecule has 4 N–H and O–H groups in total. The number of H-pyrrole nitrogens is 1. The maximum atomic E-state index is 12.2. The maximum absolute atomic E-state index is 12.2. The molecule has 3 rings (SSSR count). The number of aromatic amines is 1. The molecule has 1 aromatic heterocycles. The number of para-hydroxylation sites is 2. The SMILES string of the molecule is NCCc1cccc(C(=O)Nc2nc3ccccc3[nH]2)c1. The van der Waals surface area contributed by atoms with E-state index in [2.05, 4.69) is 15.3 Å². The molecule has 3 aromatic rings. The van der Waals surface area contributed by atoms with Crippen LogP contribution >= 0.6 is 0 Å². The van der Waals surface area contributed by atoms with Crippen molar-refractivity contribution in [2.24, 2.45) is 5.73 Å². The van der Waals surface area contributed by atoms with E-state index in [0.29, 0.717) is 18.1 Å². The second-order valence-electron chi connectivity index (χ2n) is 4.80. The molecule has 0 radical (unpaired) electrons. The fourth-order valence-corrected chi connectivity index (χ4v) is 2.23. The highest BCUT2D eigenvalue weighted by molar-refractivity contribution is 6.04. The molecular formula is C16H16N4O. The van der Waals surface area contributed by atoms with E-state index in [1.165, 1.54) is 0 Å². The zero-order chi connectivity index (χ0) is 14.7. The Kier molecular flexibility index (Phi) is 3.66. The summed E-state index contributed by atoms with van der Waals surface area (Å²) < 4.78 is 0. The van der Waals surface area contributed by atoms with Crippen LogP contribution in [-0.2, 0) is 6.42 Å². The smallest absolute Gasteiger partial charge is 0.257 e. The lowest BCUT2D eigenvalue weighted by Gasteiger charge is -2.04. The molecule has 5 heteroatoms. The van der Waals surface area contributed by atoms with Gasteiger partial charge in [-0.2, -0.15) is 0 Å². The van der Waals surface area contributed by atoms with E-state index in [-0.39, 0.29) is 5.91 Å². The number of carbonyl (C=O) groups excluding carboxylic acids is 1. The monoisotopic (exact) mass is 280 g/mol. The minimum absolute atomic E-state index is 0.187. The fourth-order valence-electron chi connectivity index (χ4n) is 2.23. The molecule has 0 bridgehead atoms. The first-order chi connectivity index (χ1) is 10.3. The van der Waals surface area contributed by atoms with Crippen molar-refractivity contribution < 1.29 is 4.79 Å². The van der Waals surface area contributed by atoms with Gasteiger partial charge in [-0.3, -0.25) is 10.1 Å². The van der Waals surface area contributed by atoms with E-state index in [1.807, 2.05) is 42.5 Å². The van der Waals surface area contributed by atoms with E-state index in [0.717, 1.165) is 23.0 Å². The van der Waals surface area contributed by atoms with Gasteiger partial charge in [0.25, 0.3) is 5.91 Å². The highest BCUT2D eigenvalue weighted by Crippen LogP contribution is 2.14. The van der Waals surface area contributed by atoms with E-state index < -0.39 is 0 Å². The summed E-state index contributed by atoms with van der Waals surface area (Å²) >= 11 is 0. The first-order valence-electron chi connectivity index (χ1n) is 6.81. The third-order valence-corrected chi connectivity index (χ3v) is 3.24. The van der Waals surface area contributed by atoms with Crippen molar-refractivity contribution in [2.75, 3.05) is 11.9 Å². The topological polar surface area (TPSA) is 83.8 Å². The normalized spacial score (nSPS) is 10.7. The second-order valence-corrected chi connectivity index (χ2v) is 4.80. The Hall–Kier alpha value is -2.66. The maximum Gasteiger partial charge on any atom is 0.257 e. The molecule has 21 heavy (non-hydrogen) atoms. The summed E-state index contributed by atoms with van der Waals surface area (Å²) in [5.74, 6) is 0.262. The Labute approximate surface area is 122 Å². The van der Waals surface area contributed by atoms with Crippen molar-refractivity contribution >= 4 is 22.9 Å². The number of hydrogen-bond donors (Lipinski definition) is 3. The van der Waals surface area contributed by atoms with Gasteiger partial charge in [-0.1, -0.05) is 24.3 Å². The molecule has 1 amide bonds. The summed E-state index contributed by atoms with van der Waals surface area (Å²) in [7, 11) is 0. The predicted octanol–water partition coefficient (Wildman–Crippen LogP) is 2.32. The molecule has 0 spiro atoms. The number of nitrogens with zero attached hydrogens (tertiary/aromatic N) is 1. The quantitative estimate of drug-likeness (QED) is 0.685. The van der Waals surface area contributed by atoms with Crippen LogP contribution in [0.15, 0.2) is 48.5 Å². The van der Waals surface area contributed by atoms with Crippen LogP contribution in [0.2, 0.25) is 0 Å². The van der Waals surface area contributed by atoms with Crippen molar-refractivity contribution in [1.29, 1.82) is 0 Å². The average molecular weight is 280 g/mol. The first-order valence-corrected chi connectivity index (χ1v) is 6.81. The lowest BCUT2D eigenvalue weighted by Crippen LogP contribution is -2.13. The van der Waals surface area contributed by atoms with E-state index in [9.17, 15) is 4.79 Å². The number of benzene rings is 2. The fraction of sp³-hybridized carbons (Fsp3) is 0.125. The van der Waals surface area contributed by atoms with Gasteiger partial charge in [0.1, 0.15) is 0 Å².